The molecule has 1 N–H and O–H groups in total. The highest BCUT2D eigenvalue weighted by Crippen LogP contribution is 2.29. The molecule has 34 heavy (non-hydrogen) atoms. The Morgan fingerprint density at radius 1 is 1.00 bits per heavy atom. The van der Waals surface area contributed by atoms with E-state index in [0.29, 0.717) is 29.8 Å². The number of benzene rings is 3. The normalized spacial score (nSPS) is 10.6. The Labute approximate surface area is 202 Å². The lowest BCUT2D eigenvalue weighted by Gasteiger charge is -2.13. The summed E-state index contributed by atoms with van der Waals surface area (Å²) in [6.07, 6.45) is 0. The first-order valence-electron chi connectivity index (χ1n) is 10.7. The lowest BCUT2D eigenvalue weighted by molar-refractivity contribution is -0.118. The van der Waals surface area contributed by atoms with Crippen molar-refractivity contribution in [2.75, 3.05) is 12.9 Å². The molecule has 0 aliphatic heterocycles. The Morgan fingerprint density at radius 2 is 1.79 bits per heavy atom. The van der Waals surface area contributed by atoms with Crippen molar-refractivity contribution in [2.24, 2.45) is 0 Å². The third-order valence-corrected chi connectivity index (χ3v) is 5.93. The molecule has 4 aromatic rings. The lowest BCUT2D eigenvalue weighted by Crippen LogP contribution is -2.24. The van der Waals surface area contributed by atoms with Gasteiger partial charge in [0, 0.05) is 6.54 Å². The van der Waals surface area contributed by atoms with Crippen LogP contribution >= 0.6 is 11.8 Å². The zero-order valence-electron chi connectivity index (χ0n) is 19.0. The van der Waals surface area contributed by atoms with Crippen LogP contribution in [-0.2, 0) is 17.9 Å². The fourth-order valence-corrected chi connectivity index (χ4v) is 3.90. The fraction of sp³-hybridized carbons (Fsp3) is 0.200. The van der Waals surface area contributed by atoms with E-state index in [1.165, 1.54) is 11.8 Å². The minimum Gasteiger partial charge on any atom is -0.493 e. The van der Waals surface area contributed by atoms with E-state index < -0.39 is 0 Å². The Bertz CT molecular complexity index is 1230. The number of nitrogens with one attached hydrogen (secondary N) is 1. The highest BCUT2D eigenvalue weighted by Gasteiger charge is 2.12. The van der Waals surface area contributed by atoms with Gasteiger partial charge in [-0.2, -0.15) is 4.68 Å². The van der Waals surface area contributed by atoms with Gasteiger partial charge in [-0.15, -0.1) is 5.10 Å². The van der Waals surface area contributed by atoms with Crippen molar-refractivity contribution >= 4 is 17.7 Å². The number of methoxy groups -OCH3 is 1. The number of amides is 1. The van der Waals surface area contributed by atoms with Crippen molar-refractivity contribution in [1.82, 2.24) is 25.5 Å². The number of ether oxygens (including phenoxy) is 2. The molecule has 1 aromatic heterocycles. The molecule has 0 saturated heterocycles. The summed E-state index contributed by atoms with van der Waals surface area (Å²) in [5.74, 6) is 1.35. The Hall–Kier alpha value is -3.85. The van der Waals surface area contributed by atoms with Gasteiger partial charge in [-0.3, -0.25) is 4.79 Å². The van der Waals surface area contributed by atoms with Gasteiger partial charge in [0.15, 0.2) is 11.5 Å². The Balaban J connectivity index is 1.29. The van der Waals surface area contributed by atoms with E-state index in [0.717, 1.165) is 22.4 Å². The first-order chi connectivity index (χ1) is 16.6. The van der Waals surface area contributed by atoms with Crippen molar-refractivity contribution in [2.45, 2.75) is 25.2 Å². The molecule has 3 aromatic carbocycles. The van der Waals surface area contributed by atoms with Gasteiger partial charge in [-0.25, -0.2) is 0 Å². The largest absolute Gasteiger partial charge is 0.493 e. The first-order valence-corrected chi connectivity index (χ1v) is 11.7. The van der Waals surface area contributed by atoms with Crippen LogP contribution in [0.2, 0.25) is 0 Å². The summed E-state index contributed by atoms with van der Waals surface area (Å²) >= 11 is 1.28. The molecule has 0 aliphatic carbocycles. The summed E-state index contributed by atoms with van der Waals surface area (Å²) in [5, 5.41) is 15.3. The summed E-state index contributed by atoms with van der Waals surface area (Å²) in [6, 6.07) is 23.4. The second-order valence-corrected chi connectivity index (χ2v) is 8.48. The number of tetrazole rings is 1. The summed E-state index contributed by atoms with van der Waals surface area (Å²) in [4.78, 5) is 12.4. The number of thioether (sulfide) groups is 1. The second-order valence-electron chi connectivity index (χ2n) is 7.53. The molecule has 0 radical (unpaired) electrons. The maximum absolute atomic E-state index is 12.4. The molecule has 0 fully saturated rings. The topological polar surface area (TPSA) is 91.2 Å². The third kappa shape index (κ3) is 6.14. The maximum Gasteiger partial charge on any atom is 0.230 e. The summed E-state index contributed by atoms with van der Waals surface area (Å²) < 4.78 is 13.0. The van der Waals surface area contributed by atoms with Crippen molar-refractivity contribution in [3.63, 3.8) is 0 Å². The molecule has 174 valence electrons. The number of aryl methyl sites for hydroxylation is 1. The van der Waals surface area contributed by atoms with Gasteiger partial charge in [0.2, 0.25) is 11.1 Å². The number of hydrogen-bond acceptors (Lipinski definition) is 7. The predicted octanol–water partition coefficient (Wildman–Crippen LogP) is 3.97. The summed E-state index contributed by atoms with van der Waals surface area (Å²) in [6.45, 7) is 2.84. The number of carbonyl (C=O) groups is 1. The molecule has 0 saturated carbocycles. The lowest BCUT2D eigenvalue weighted by atomic mass is 10.2. The van der Waals surface area contributed by atoms with Gasteiger partial charge in [0.25, 0.3) is 0 Å². The van der Waals surface area contributed by atoms with Crippen LogP contribution in [0.1, 0.15) is 16.7 Å². The van der Waals surface area contributed by atoms with E-state index in [4.69, 9.17) is 9.47 Å². The van der Waals surface area contributed by atoms with Gasteiger partial charge < -0.3 is 14.8 Å². The van der Waals surface area contributed by atoms with Gasteiger partial charge in [0.1, 0.15) is 6.61 Å². The average molecular weight is 476 g/mol. The van der Waals surface area contributed by atoms with Gasteiger partial charge in [-0.05, 0) is 52.7 Å². The minimum atomic E-state index is -0.119. The third-order valence-electron chi connectivity index (χ3n) is 5.01. The Kier molecular flexibility index (Phi) is 7.77. The maximum atomic E-state index is 12.4. The SMILES string of the molecule is COc1cc(CNC(=O)CSc2nnnn2-c2ccc(C)cc2)ccc1OCc1ccccc1. The zero-order valence-corrected chi connectivity index (χ0v) is 19.8. The van der Waals surface area contributed by atoms with Crippen LogP contribution in [0.25, 0.3) is 5.69 Å². The van der Waals surface area contributed by atoms with Crippen LogP contribution in [0.5, 0.6) is 11.5 Å². The van der Waals surface area contributed by atoms with Crippen molar-refractivity contribution < 1.29 is 14.3 Å². The van der Waals surface area contributed by atoms with Crippen molar-refractivity contribution in [3.8, 4) is 17.2 Å². The molecule has 0 spiro atoms. The van der Waals surface area contributed by atoms with Crippen molar-refractivity contribution in [1.29, 1.82) is 0 Å². The molecule has 0 bridgehead atoms. The minimum absolute atomic E-state index is 0.119. The standard InChI is InChI=1S/C25H25N5O3S/c1-18-8-11-21(12-9-18)30-25(27-28-29-30)34-17-24(31)26-15-20-10-13-22(23(14-20)32-2)33-16-19-6-4-3-5-7-19/h3-14H,15-17H2,1-2H3,(H,26,31). The molecule has 8 nitrogen and oxygen atoms in total. The molecule has 0 atom stereocenters. The van der Waals surface area contributed by atoms with Crippen LogP contribution < -0.4 is 14.8 Å². The summed E-state index contributed by atoms with van der Waals surface area (Å²) in [7, 11) is 1.60. The quantitative estimate of drug-likeness (QED) is 0.347. The van der Waals surface area contributed by atoms with E-state index in [9.17, 15) is 4.79 Å². The van der Waals surface area contributed by atoms with Crippen LogP contribution in [0.3, 0.4) is 0 Å². The van der Waals surface area contributed by atoms with E-state index in [2.05, 4.69) is 20.8 Å². The predicted molar refractivity (Wildman–Crippen MR) is 130 cm³/mol. The molecule has 0 aliphatic rings. The number of carbonyl (C=O) groups excluding carboxylic acids is 1. The highest BCUT2D eigenvalue weighted by molar-refractivity contribution is 7.99. The molecular weight excluding hydrogens is 450 g/mol. The van der Waals surface area contributed by atoms with Crippen LogP contribution in [-0.4, -0.2) is 39.0 Å². The van der Waals surface area contributed by atoms with Crippen LogP contribution in [0.4, 0.5) is 0 Å². The summed E-state index contributed by atoms with van der Waals surface area (Å²) in [5.41, 5.74) is 3.98. The molecule has 0 unspecified atom stereocenters. The number of hydrogen-bond donors (Lipinski definition) is 1. The smallest absolute Gasteiger partial charge is 0.230 e. The van der Waals surface area contributed by atoms with E-state index in [1.807, 2.05) is 79.7 Å². The second kappa shape index (κ2) is 11.3. The zero-order chi connectivity index (χ0) is 23.8. The fourth-order valence-electron chi connectivity index (χ4n) is 3.18. The van der Waals surface area contributed by atoms with E-state index in [-0.39, 0.29) is 11.7 Å². The number of nitrogens with zero attached hydrogens (tertiary/aromatic N) is 4. The van der Waals surface area contributed by atoms with Crippen LogP contribution in [0.15, 0.2) is 78.0 Å². The van der Waals surface area contributed by atoms with Crippen LogP contribution in [0, 0.1) is 6.92 Å². The Morgan fingerprint density at radius 3 is 2.56 bits per heavy atom. The van der Waals surface area contributed by atoms with Crippen molar-refractivity contribution in [3.05, 3.63) is 89.5 Å². The highest BCUT2D eigenvalue weighted by atomic mass is 32.2. The molecular formula is C25H25N5O3S. The number of rotatable bonds is 10. The monoisotopic (exact) mass is 475 g/mol. The molecule has 1 amide bonds. The first kappa shape index (κ1) is 23.3. The van der Waals surface area contributed by atoms with Gasteiger partial charge in [-0.1, -0.05) is 65.9 Å². The van der Waals surface area contributed by atoms with E-state index >= 15 is 0 Å². The molecule has 9 heteroatoms. The molecule has 4 rings (SSSR count). The molecule has 1 heterocycles. The number of aromatic nitrogens is 4. The average Bonchev–Trinajstić information content (AvgIpc) is 3.35. The van der Waals surface area contributed by atoms with Gasteiger partial charge in [0.05, 0.1) is 18.6 Å². The van der Waals surface area contributed by atoms with Gasteiger partial charge >= 0.3 is 0 Å². The van der Waals surface area contributed by atoms with E-state index in [1.54, 1.807) is 11.8 Å².